The van der Waals surface area contributed by atoms with Gasteiger partial charge >= 0.3 is 0 Å². The summed E-state index contributed by atoms with van der Waals surface area (Å²) in [4.78, 5) is 0. The summed E-state index contributed by atoms with van der Waals surface area (Å²) >= 11 is 3.64. The van der Waals surface area contributed by atoms with Crippen molar-refractivity contribution >= 4 is 15.9 Å². The lowest BCUT2D eigenvalue weighted by atomic mass is 9.87. The van der Waals surface area contributed by atoms with Crippen LogP contribution in [0.15, 0.2) is 22.7 Å². The molecule has 1 aliphatic heterocycles. The lowest BCUT2D eigenvalue weighted by Crippen LogP contribution is -2.39. The maximum atomic E-state index is 5.30. The number of ether oxygens (including phenoxy) is 1. The van der Waals surface area contributed by atoms with E-state index in [1.54, 1.807) is 7.11 Å². The Kier molecular flexibility index (Phi) is 5.07. The fraction of sp³-hybridized carbons (Fsp3) is 0.600. The van der Waals surface area contributed by atoms with E-state index in [0.717, 1.165) is 24.6 Å². The minimum Gasteiger partial charge on any atom is -0.497 e. The number of halogens is 1. The van der Waals surface area contributed by atoms with Gasteiger partial charge in [0.25, 0.3) is 0 Å². The molecule has 1 aromatic carbocycles. The monoisotopic (exact) mass is 311 g/mol. The molecule has 1 saturated heterocycles. The second-order valence-electron chi connectivity index (χ2n) is 5.11. The highest BCUT2D eigenvalue weighted by Crippen LogP contribution is 2.27. The van der Waals surface area contributed by atoms with Crippen molar-refractivity contribution in [3.8, 4) is 5.75 Å². The van der Waals surface area contributed by atoms with Crippen molar-refractivity contribution in [2.75, 3.05) is 13.7 Å². The molecule has 18 heavy (non-hydrogen) atoms. The Hall–Kier alpha value is -0.540. The van der Waals surface area contributed by atoms with E-state index in [4.69, 9.17) is 4.74 Å². The quantitative estimate of drug-likeness (QED) is 0.913. The Balaban J connectivity index is 2.04. The van der Waals surface area contributed by atoms with Crippen molar-refractivity contribution in [2.45, 2.75) is 38.6 Å². The predicted octanol–water partition coefficient (Wildman–Crippen LogP) is 3.78. The first kappa shape index (κ1) is 13.9. The van der Waals surface area contributed by atoms with Crippen LogP contribution in [0.4, 0.5) is 0 Å². The van der Waals surface area contributed by atoms with Crippen molar-refractivity contribution in [1.82, 2.24) is 5.32 Å². The van der Waals surface area contributed by atoms with Crippen LogP contribution in [0.25, 0.3) is 0 Å². The van der Waals surface area contributed by atoms with Gasteiger partial charge < -0.3 is 10.1 Å². The average Bonchev–Trinajstić information content (AvgIpc) is 2.41. The lowest BCUT2D eigenvalue weighted by Gasteiger charge is -2.30. The van der Waals surface area contributed by atoms with Crippen molar-refractivity contribution in [3.05, 3.63) is 28.2 Å². The van der Waals surface area contributed by atoms with Gasteiger partial charge in [-0.2, -0.15) is 0 Å². The molecule has 3 heteroatoms. The normalized spacial score (nSPS) is 23.9. The van der Waals surface area contributed by atoms with Crippen LogP contribution in [-0.2, 0) is 6.42 Å². The molecule has 0 aliphatic carbocycles. The van der Waals surface area contributed by atoms with Crippen molar-refractivity contribution < 1.29 is 4.74 Å². The number of hydrogen-bond acceptors (Lipinski definition) is 2. The first-order valence-corrected chi connectivity index (χ1v) is 7.58. The zero-order valence-corrected chi connectivity index (χ0v) is 12.8. The molecule has 0 bridgehead atoms. The third kappa shape index (κ3) is 3.48. The summed E-state index contributed by atoms with van der Waals surface area (Å²) in [5.74, 6) is 1.83. The van der Waals surface area contributed by atoms with E-state index in [9.17, 15) is 0 Å². The molecule has 1 aromatic rings. The summed E-state index contributed by atoms with van der Waals surface area (Å²) in [5.41, 5.74) is 1.34. The molecule has 2 nitrogen and oxygen atoms in total. The predicted molar refractivity (Wildman–Crippen MR) is 79.2 cm³/mol. The summed E-state index contributed by atoms with van der Waals surface area (Å²) in [5, 5.41) is 3.63. The average molecular weight is 312 g/mol. The summed E-state index contributed by atoms with van der Waals surface area (Å²) < 4.78 is 6.48. The van der Waals surface area contributed by atoms with E-state index in [1.807, 2.05) is 6.07 Å². The van der Waals surface area contributed by atoms with Crippen LogP contribution in [0.5, 0.6) is 5.75 Å². The molecule has 2 atom stereocenters. The fourth-order valence-electron chi connectivity index (χ4n) is 2.72. The standard InChI is InChI=1S/C15H22BrNO/c1-3-11-6-7-17-13(8-11)9-12-10-14(18-2)4-5-15(12)16/h4-5,10-11,13,17H,3,6-9H2,1-2H3. The van der Waals surface area contributed by atoms with Gasteiger partial charge in [-0.25, -0.2) is 0 Å². The largest absolute Gasteiger partial charge is 0.497 e. The molecule has 0 aromatic heterocycles. The fourth-order valence-corrected chi connectivity index (χ4v) is 3.13. The highest BCUT2D eigenvalue weighted by atomic mass is 79.9. The molecule has 2 unspecified atom stereocenters. The van der Waals surface area contributed by atoms with Crippen LogP contribution in [0, 0.1) is 5.92 Å². The van der Waals surface area contributed by atoms with Crippen LogP contribution in [-0.4, -0.2) is 19.7 Å². The molecular weight excluding hydrogens is 290 g/mol. The van der Waals surface area contributed by atoms with Gasteiger partial charge in [0, 0.05) is 10.5 Å². The summed E-state index contributed by atoms with van der Waals surface area (Å²) in [6.07, 6.45) is 5.00. The number of methoxy groups -OCH3 is 1. The van der Waals surface area contributed by atoms with Crippen molar-refractivity contribution in [2.24, 2.45) is 5.92 Å². The van der Waals surface area contributed by atoms with E-state index in [1.165, 1.54) is 29.3 Å². The summed E-state index contributed by atoms with van der Waals surface area (Å²) in [7, 11) is 1.72. The van der Waals surface area contributed by atoms with Crippen molar-refractivity contribution in [3.63, 3.8) is 0 Å². The van der Waals surface area contributed by atoms with Crippen LogP contribution < -0.4 is 10.1 Å². The highest BCUT2D eigenvalue weighted by molar-refractivity contribution is 9.10. The van der Waals surface area contributed by atoms with Crippen LogP contribution in [0.1, 0.15) is 31.7 Å². The molecule has 100 valence electrons. The number of benzene rings is 1. The van der Waals surface area contributed by atoms with E-state index in [2.05, 4.69) is 40.3 Å². The first-order chi connectivity index (χ1) is 8.72. The molecule has 1 heterocycles. The molecule has 1 aliphatic rings. The Morgan fingerprint density at radius 3 is 3.00 bits per heavy atom. The summed E-state index contributed by atoms with van der Waals surface area (Å²) in [6.45, 7) is 3.46. The third-order valence-corrected chi connectivity index (χ3v) is 4.67. The molecule has 0 amide bonds. The molecule has 1 N–H and O–H groups in total. The number of nitrogens with one attached hydrogen (secondary N) is 1. The molecular formula is C15H22BrNO. The Morgan fingerprint density at radius 1 is 1.44 bits per heavy atom. The molecule has 1 fully saturated rings. The van der Waals surface area contributed by atoms with E-state index in [-0.39, 0.29) is 0 Å². The Bertz CT molecular complexity index is 394. The first-order valence-electron chi connectivity index (χ1n) is 6.78. The molecule has 0 radical (unpaired) electrons. The molecule has 0 saturated carbocycles. The van der Waals surface area contributed by atoms with Crippen molar-refractivity contribution in [1.29, 1.82) is 0 Å². The maximum absolute atomic E-state index is 5.30. The van der Waals surface area contributed by atoms with Gasteiger partial charge in [0.05, 0.1) is 7.11 Å². The second kappa shape index (κ2) is 6.58. The van der Waals surface area contributed by atoms with Crippen LogP contribution in [0.3, 0.4) is 0 Å². The SMILES string of the molecule is CCC1CCNC(Cc2cc(OC)ccc2Br)C1. The molecule has 0 spiro atoms. The topological polar surface area (TPSA) is 21.3 Å². The van der Waals surface area contributed by atoms with Gasteiger partial charge in [-0.3, -0.25) is 0 Å². The van der Waals surface area contributed by atoms with Gasteiger partial charge in [-0.15, -0.1) is 0 Å². The zero-order valence-electron chi connectivity index (χ0n) is 11.2. The van der Waals surface area contributed by atoms with Gasteiger partial charge in [0.1, 0.15) is 5.75 Å². The lowest BCUT2D eigenvalue weighted by molar-refractivity contribution is 0.293. The Labute approximate surface area is 118 Å². The Morgan fingerprint density at radius 2 is 2.28 bits per heavy atom. The zero-order chi connectivity index (χ0) is 13.0. The van der Waals surface area contributed by atoms with Gasteiger partial charge in [0.15, 0.2) is 0 Å². The van der Waals surface area contributed by atoms with Gasteiger partial charge in [-0.1, -0.05) is 29.3 Å². The highest BCUT2D eigenvalue weighted by Gasteiger charge is 2.21. The number of piperidine rings is 1. The minimum atomic E-state index is 0.604. The van der Waals surface area contributed by atoms with E-state index >= 15 is 0 Å². The van der Waals surface area contributed by atoms with Crippen LogP contribution >= 0.6 is 15.9 Å². The number of hydrogen-bond donors (Lipinski definition) is 1. The smallest absolute Gasteiger partial charge is 0.119 e. The van der Waals surface area contributed by atoms with Crippen LogP contribution in [0.2, 0.25) is 0 Å². The van der Waals surface area contributed by atoms with E-state index < -0.39 is 0 Å². The second-order valence-corrected chi connectivity index (χ2v) is 5.97. The van der Waals surface area contributed by atoms with Gasteiger partial charge in [0.2, 0.25) is 0 Å². The minimum absolute atomic E-state index is 0.604. The number of rotatable bonds is 4. The van der Waals surface area contributed by atoms with E-state index in [0.29, 0.717) is 6.04 Å². The maximum Gasteiger partial charge on any atom is 0.119 e. The third-order valence-electron chi connectivity index (χ3n) is 3.90. The summed E-state index contributed by atoms with van der Waals surface area (Å²) in [6, 6.07) is 6.82. The molecule has 2 rings (SSSR count). The van der Waals surface area contributed by atoms with Gasteiger partial charge in [-0.05, 0) is 55.5 Å².